The Labute approximate surface area is 102 Å². The molecule has 0 aliphatic carbocycles. The number of ether oxygens (including phenoxy) is 1. The van der Waals surface area contributed by atoms with Crippen LogP contribution in [0.3, 0.4) is 0 Å². The van der Waals surface area contributed by atoms with E-state index in [4.69, 9.17) is 4.74 Å². The van der Waals surface area contributed by atoms with Crippen LogP contribution < -0.4 is 10.2 Å². The predicted molar refractivity (Wildman–Crippen MR) is 68.4 cm³/mol. The molecule has 0 unspecified atom stereocenters. The zero-order valence-electron chi connectivity index (χ0n) is 10.7. The van der Waals surface area contributed by atoms with Crippen LogP contribution in [0.2, 0.25) is 0 Å². The molecule has 1 aliphatic heterocycles. The lowest BCUT2D eigenvalue weighted by Crippen LogP contribution is -2.37. The zero-order chi connectivity index (χ0) is 12.3. The average molecular weight is 236 g/mol. The van der Waals surface area contributed by atoms with Crippen LogP contribution in [0.4, 0.5) is 11.6 Å². The van der Waals surface area contributed by atoms with Gasteiger partial charge in [-0.15, -0.1) is 0 Å². The lowest BCUT2D eigenvalue weighted by molar-refractivity contribution is 0.122. The van der Waals surface area contributed by atoms with Gasteiger partial charge in [0.05, 0.1) is 13.2 Å². The predicted octanol–water partition coefficient (Wildman–Crippen LogP) is 1.52. The van der Waals surface area contributed by atoms with Crippen LogP contribution in [-0.4, -0.2) is 41.8 Å². The van der Waals surface area contributed by atoms with Crippen molar-refractivity contribution < 1.29 is 4.74 Å². The quantitative estimate of drug-likeness (QED) is 0.843. The van der Waals surface area contributed by atoms with Crippen LogP contribution >= 0.6 is 0 Å². The smallest absolute Gasteiger partial charge is 0.134 e. The molecule has 17 heavy (non-hydrogen) atoms. The number of anilines is 2. The maximum Gasteiger partial charge on any atom is 0.134 e. The molecule has 1 saturated heterocycles. The second kappa shape index (κ2) is 4.87. The lowest BCUT2D eigenvalue weighted by atomic mass is 10.1. The first-order chi connectivity index (χ1) is 8.04. The van der Waals surface area contributed by atoms with Gasteiger partial charge in [-0.2, -0.15) is 0 Å². The van der Waals surface area contributed by atoms with E-state index in [9.17, 15) is 0 Å². The summed E-state index contributed by atoms with van der Waals surface area (Å²) in [6, 6.07) is 2.00. The molecule has 0 radical (unpaired) electrons. The van der Waals surface area contributed by atoms with Gasteiger partial charge < -0.3 is 15.0 Å². The number of nitrogens with one attached hydrogen (secondary N) is 1. The van der Waals surface area contributed by atoms with Crippen molar-refractivity contribution in [2.24, 2.45) is 0 Å². The van der Waals surface area contributed by atoms with Crippen molar-refractivity contribution in [3.8, 4) is 0 Å². The number of rotatable bonds is 2. The van der Waals surface area contributed by atoms with Crippen LogP contribution in [0.1, 0.15) is 20.8 Å². The molecule has 1 aromatic rings. The fraction of sp³-hybridized carbons (Fsp3) is 0.667. The molecular weight excluding hydrogens is 216 g/mol. The highest BCUT2D eigenvalue weighted by molar-refractivity contribution is 5.49. The molecule has 1 fully saturated rings. The van der Waals surface area contributed by atoms with Crippen molar-refractivity contribution in [2.45, 2.75) is 26.3 Å². The van der Waals surface area contributed by atoms with Gasteiger partial charge in [-0.1, -0.05) is 0 Å². The Morgan fingerprint density at radius 1 is 1.24 bits per heavy atom. The van der Waals surface area contributed by atoms with E-state index < -0.39 is 0 Å². The van der Waals surface area contributed by atoms with Gasteiger partial charge in [0.25, 0.3) is 0 Å². The molecule has 0 aromatic carbocycles. The molecule has 1 aliphatic rings. The van der Waals surface area contributed by atoms with E-state index >= 15 is 0 Å². The van der Waals surface area contributed by atoms with E-state index in [0.29, 0.717) is 0 Å². The van der Waals surface area contributed by atoms with Gasteiger partial charge in [0.1, 0.15) is 18.0 Å². The summed E-state index contributed by atoms with van der Waals surface area (Å²) >= 11 is 0. The molecule has 2 heterocycles. The molecule has 5 nitrogen and oxygen atoms in total. The first kappa shape index (κ1) is 12.1. The molecule has 0 spiro atoms. The van der Waals surface area contributed by atoms with Crippen molar-refractivity contribution in [2.75, 3.05) is 36.5 Å². The van der Waals surface area contributed by atoms with Crippen molar-refractivity contribution in [1.29, 1.82) is 0 Å². The second-order valence-corrected chi connectivity index (χ2v) is 5.24. The molecule has 1 aromatic heterocycles. The fourth-order valence-electron chi connectivity index (χ4n) is 1.77. The molecule has 0 atom stereocenters. The molecule has 0 amide bonds. The normalized spacial score (nSPS) is 17.0. The summed E-state index contributed by atoms with van der Waals surface area (Å²) in [5, 5.41) is 3.35. The second-order valence-electron chi connectivity index (χ2n) is 5.24. The van der Waals surface area contributed by atoms with Crippen LogP contribution in [0.25, 0.3) is 0 Å². The third-order valence-corrected chi connectivity index (χ3v) is 2.49. The van der Waals surface area contributed by atoms with Crippen LogP contribution in [-0.2, 0) is 4.74 Å². The summed E-state index contributed by atoms with van der Waals surface area (Å²) in [5.41, 5.74) is 0.0105. The van der Waals surface area contributed by atoms with Crippen molar-refractivity contribution in [3.63, 3.8) is 0 Å². The Hall–Kier alpha value is -1.36. The summed E-state index contributed by atoms with van der Waals surface area (Å²) in [5.74, 6) is 1.84. The highest BCUT2D eigenvalue weighted by Crippen LogP contribution is 2.18. The van der Waals surface area contributed by atoms with E-state index in [1.807, 2.05) is 6.07 Å². The summed E-state index contributed by atoms with van der Waals surface area (Å²) in [6.07, 6.45) is 1.61. The zero-order valence-corrected chi connectivity index (χ0v) is 10.7. The maximum absolute atomic E-state index is 5.33. The van der Waals surface area contributed by atoms with Gasteiger partial charge in [0.2, 0.25) is 0 Å². The van der Waals surface area contributed by atoms with Gasteiger partial charge in [-0.25, -0.2) is 9.97 Å². The Kier molecular flexibility index (Phi) is 3.47. The summed E-state index contributed by atoms with van der Waals surface area (Å²) < 4.78 is 5.33. The van der Waals surface area contributed by atoms with Gasteiger partial charge in [0, 0.05) is 24.7 Å². The molecule has 1 N–H and O–H groups in total. The largest absolute Gasteiger partial charge is 0.378 e. The molecule has 5 heteroatoms. The number of nitrogens with zero attached hydrogens (tertiary/aromatic N) is 3. The Balaban J connectivity index is 2.10. The van der Waals surface area contributed by atoms with E-state index in [2.05, 4.69) is 41.0 Å². The van der Waals surface area contributed by atoms with Gasteiger partial charge >= 0.3 is 0 Å². The Bertz CT molecular complexity index is 369. The standard InChI is InChI=1S/C12H20N4O/c1-12(2,3)15-10-8-11(14-9-13-10)16-4-6-17-7-5-16/h8-9H,4-7H2,1-3H3,(H,13,14,15). The maximum atomic E-state index is 5.33. The number of hydrogen-bond acceptors (Lipinski definition) is 5. The van der Waals surface area contributed by atoms with Gasteiger partial charge in [-0.3, -0.25) is 0 Å². The fourth-order valence-corrected chi connectivity index (χ4v) is 1.77. The number of morpholine rings is 1. The summed E-state index contributed by atoms with van der Waals surface area (Å²) in [6.45, 7) is 9.67. The van der Waals surface area contributed by atoms with E-state index in [0.717, 1.165) is 37.9 Å². The van der Waals surface area contributed by atoms with Crippen molar-refractivity contribution in [3.05, 3.63) is 12.4 Å². The summed E-state index contributed by atoms with van der Waals surface area (Å²) in [4.78, 5) is 10.8. The van der Waals surface area contributed by atoms with Gasteiger partial charge in [0.15, 0.2) is 0 Å². The first-order valence-electron chi connectivity index (χ1n) is 5.97. The average Bonchev–Trinajstić information content (AvgIpc) is 2.28. The van der Waals surface area contributed by atoms with Crippen molar-refractivity contribution >= 4 is 11.6 Å². The third kappa shape index (κ3) is 3.56. The minimum Gasteiger partial charge on any atom is -0.378 e. The molecule has 94 valence electrons. The van der Waals surface area contributed by atoms with E-state index in [1.54, 1.807) is 6.33 Å². The molecule has 0 saturated carbocycles. The molecular formula is C12H20N4O. The number of hydrogen-bond donors (Lipinski definition) is 1. The monoisotopic (exact) mass is 236 g/mol. The van der Waals surface area contributed by atoms with E-state index in [-0.39, 0.29) is 5.54 Å². The minimum atomic E-state index is 0.0105. The van der Waals surface area contributed by atoms with Crippen LogP contribution in [0, 0.1) is 0 Å². The summed E-state index contributed by atoms with van der Waals surface area (Å²) in [7, 11) is 0. The van der Waals surface area contributed by atoms with Crippen molar-refractivity contribution in [1.82, 2.24) is 9.97 Å². The highest BCUT2D eigenvalue weighted by atomic mass is 16.5. The highest BCUT2D eigenvalue weighted by Gasteiger charge is 2.15. The lowest BCUT2D eigenvalue weighted by Gasteiger charge is -2.28. The van der Waals surface area contributed by atoms with Crippen LogP contribution in [0.5, 0.6) is 0 Å². The molecule has 2 rings (SSSR count). The van der Waals surface area contributed by atoms with Gasteiger partial charge in [-0.05, 0) is 20.8 Å². The SMILES string of the molecule is CC(C)(C)Nc1cc(N2CCOCC2)ncn1. The molecule has 0 bridgehead atoms. The third-order valence-electron chi connectivity index (χ3n) is 2.49. The topological polar surface area (TPSA) is 50.3 Å². The Morgan fingerprint density at radius 3 is 2.59 bits per heavy atom. The van der Waals surface area contributed by atoms with E-state index in [1.165, 1.54) is 0 Å². The Morgan fingerprint density at radius 2 is 1.94 bits per heavy atom. The van der Waals surface area contributed by atoms with Crippen LogP contribution in [0.15, 0.2) is 12.4 Å². The number of aromatic nitrogens is 2. The first-order valence-corrected chi connectivity index (χ1v) is 5.97. The minimum absolute atomic E-state index is 0.0105.